The second-order valence-electron chi connectivity index (χ2n) is 7.29. The Morgan fingerprint density at radius 2 is 1.73 bits per heavy atom. The highest BCUT2D eigenvalue weighted by molar-refractivity contribution is 5.78. The quantitative estimate of drug-likeness (QED) is 0.562. The van der Waals surface area contributed by atoms with Crippen molar-refractivity contribution >= 4 is 17.7 Å². The first-order valence-electron chi connectivity index (χ1n) is 8.17. The second kappa shape index (κ2) is 8.64. The lowest BCUT2D eigenvalue weighted by molar-refractivity contribution is -0.157. The largest absolute Gasteiger partial charge is 0.493 e. The van der Waals surface area contributed by atoms with Crippen LogP contribution in [0, 0.1) is 0 Å². The fourth-order valence-corrected chi connectivity index (χ4v) is 1.89. The molecular weight excluding hydrogens is 340 g/mol. The molecule has 0 saturated heterocycles. The number of hydrogen-bond acceptors (Lipinski definition) is 7. The summed E-state index contributed by atoms with van der Waals surface area (Å²) in [5.41, 5.74) is 4.69. The van der Waals surface area contributed by atoms with E-state index in [1.54, 1.807) is 52.8 Å². The number of esters is 1. The molecule has 0 aliphatic rings. The molecule has 8 nitrogen and oxygen atoms in total. The maximum absolute atomic E-state index is 11.9. The van der Waals surface area contributed by atoms with E-state index in [4.69, 9.17) is 24.7 Å². The summed E-state index contributed by atoms with van der Waals surface area (Å²) < 4.78 is 21.3. The van der Waals surface area contributed by atoms with E-state index in [2.05, 4.69) is 5.32 Å². The van der Waals surface area contributed by atoms with Gasteiger partial charge in [-0.1, -0.05) is 0 Å². The number of benzene rings is 1. The number of anilines is 1. The molecule has 0 atom stereocenters. The third-order valence-corrected chi connectivity index (χ3v) is 2.93. The van der Waals surface area contributed by atoms with Gasteiger partial charge in [-0.05, 0) is 46.8 Å². The van der Waals surface area contributed by atoms with Crippen molar-refractivity contribution in [3.05, 3.63) is 18.2 Å². The molecule has 1 rings (SSSR count). The van der Waals surface area contributed by atoms with Crippen LogP contribution >= 0.6 is 0 Å². The molecule has 0 aromatic heterocycles. The zero-order valence-electron chi connectivity index (χ0n) is 16.2. The third-order valence-electron chi connectivity index (χ3n) is 2.93. The maximum Gasteiger partial charge on any atom is 0.408 e. The van der Waals surface area contributed by atoms with Crippen LogP contribution in [0.15, 0.2) is 18.2 Å². The molecule has 1 amide bonds. The van der Waals surface area contributed by atoms with Crippen molar-refractivity contribution in [1.82, 2.24) is 5.32 Å². The molecular formula is C18H28N2O6. The second-order valence-corrected chi connectivity index (χ2v) is 7.29. The minimum atomic E-state index is -0.918. The van der Waals surface area contributed by atoms with E-state index in [1.165, 1.54) is 7.11 Å². The van der Waals surface area contributed by atoms with Gasteiger partial charge in [0.1, 0.15) is 24.4 Å². The predicted octanol–water partition coefficient (Wildman–Crippen LogP) is 2.50. The van der Waals surface area contributed by atoms with Crippen molar-refractivity contribution < 1.29 is 28.5 Å². The number of nitrogen functional groups attached to an aromatic ring is 1. The molecule has 0 aliphatic carbocycles. The van der Waals surface area contributed by atoms with E-state index in [0.717, 1.165) is 0 Å². The number of hydrogen-bond donors (Lipinski definition) is 2. The maximum atomic E-state index is 11.9. The van der Waals surface area contributed by atoms with Crippen molar-refractivity contribution in [2.24, 2.45) is 0 Å². The Balaban J connectivity index is 2.50. The van der Waals surface area contributed by atoms with Gasteiger partial charge < -0.3 is 30.0 Å². The highest BCUT2D eigenvalue weighted by atomic mass is 16.6. The lowest BCUT2D eigenvalue weighted by Gasteiger charge is -2.26. The number of nitrogens with two attached hydrogens (primary N) is 1. The topological polar surface area (TPSA) is 109 Å². The molecule has 0 unspecified atom stereocenters. The number of ether oxygens (including phenoxy) is 4. The Kier molecular flexibility index (Phi) is 7.11. The lowest BCUT2D eigenvalue weighted by Crippen LogP contribution is -2.40. The zero-order valence-corrected chi connectivity index (χ0v) is 16.2. The van der Waals surface area contributed by atoms with E-state index < -0.39 is 23.3 Å². The molecule has 0 heterocycles. The van der Waals surface area contributed by atoms with Gasteiger partial charge in [-0.2, -0.15) is 0 Å². The average Bonchev–Trinajstić information content (AvgIpc) is 2.49. The number of alkyl carbamates (subject to hydrolysis) is 1. The summed E-state index contributed by atoms with van der Waals surface area (Å²) in [7, 11) is 1.51. The number of carbonyl (C=O) groups is 2. The number of carbonyl (C=O) groups excluding carboxylic acids is 2. The number of nitrogens with one attached hydrogen (secondary N) is 1. The molecule has 0 radical (unpaired) electrons. The van der Waals surface area contributed by atoms with Crippen LogP contribution in [0.1, 0.15) is 34.6 Å². The molecule has 26 heavy (non-hydrogen) atoms. The number of rotatable bonds is 7. The number of amides is 1. The molecule has 1 aromatic rings. The van der Waals surface area contributed by atoms with Crippen LogP contribution in [0.25, 0.3) is 0 Å². The first kappa shape index (κ1) is 21.4. The molecule has 0 aliphatic heterocycles. The highest BCUT2D eigenvalue weighted by Gasteiger charge is 2.25. The minimum absolute atomic E-state index is 0.0887. The van der Waals surface area contributed by atoms with Gasteiger partial charge in [0.25, 0.3) is 0 Å². The van der Waals surface area contributed by atoms with Gasteiger partial charge in [0, 0.05) is 11.8 Å². The summed E-state index contributed by atoms with van der Waals surface area (Å²) in [4.78, 5) is 23.5. The Morgan fingerprint density at radius 3 is 2.31 bits per heavy atom. The SMILES string of the molecule is COc1cc(N)ccc1OCC(C)(C)OC(=O)CNC(=O)OC(C)(C)C. The van der Waals surface area contributed by atoms with Gasteiger partial charge in [0.05, 0.1) is 7.11 Å². The molecule has 0 saturated carbocycles. The fraction of sp³-hybridized carbons (Fsp3) is 0.556. The van der Waals surface area contributed by atoms with Gasteiger partial charge in [-0.15, -0.1) is 0 Å². The van der Waals surface area contributed by atoms with Gasteiger partial charge in [-0.25, -0.2) is 4.79 Å². The summed E-state index contributed by atoms with van der Waals surface area (Å²) in [6, 6.07) is 5.00. The van der Waals surface area contributed by atoms with E-state index >= 15 is 0 Å². The van der Waals surface area contributed by atoms with Gasteiger partial charge in [0.2, 0.25) is 0 Å². The van der Waals surface area contributed by atoms with E-state index in [9.17, 15) is 9.59 Å². The van der Waals surface area contributed by atoms with Crippen LogP contribution in [0.3, 0.4) is 0 Å². The average molecular weight is 368 g/mol. The highest BCUT2D eigenvalue weighted by Crippen LogP contribution is 2.29. The van der Waals surface area contributed by atoms with Gasteiger partial charge in [0.15, 0.2) is 11.5 Å². The first-order valence-corrected chi connectivity index (χ1v) is 8.17. The third kappa shape index (κ3) is 7.96. The standard InChI is InChI=1S/C18H28N2O6/c1-17(2,3)26-16(22)20-10-15(21)25-18(4,5)11-24-13-8-7-12(19)9-14(13)23-6/h7-9H,10-11,19H2,1-6H3,(H,20,22). The van der Waals surface area contributed by atoms with Crippen molar-refractivity contribution in [2.75, 3.05) is 26.0 Å². The smallest absolute Gasteiger partial charge is 0.408 e. The minimum Gasteiger partial charge on any atom is -0.493 e. The van der Waals surface area contributed by atoms with Crippen LogP contribution in [0.2, 0.25) is 0 Å². The Labute approximate surface area is 153 Å². The van der Waals surface area contributed by atoms with Crippen LogP contribution in [-0.2, 0) is 14.3 Å². The van der Waals surface area contributed by atoms with Crippen LogP contribution in [-0.4, -0.2) is 43.5 Å². The molecule has 146 valence electrons. The Bertz CT molecular complexity index is 637. The van der Waals surface area contributed by atoms with Crippen molar-refractivity contribution in [3.8, 4) is 11.5 Å². The van der Waals surface area contributed by atoms with Crippen molar-refractivity contribution in [3.63, 3.8) is 0 Å². The molecule has 0 bridgehead atoms. The van der Waals surface area contributed by atoms with E-state index in [-0.39, 0.29) is 13.2 Å². The molecule has 8 heteroatoms. The van der Waals surface area contributed by atoms with Crippen molar-refractivity contribution in [1.29, 1.82) is 0 Å². The fourth-order valence-electron chi connectivity index (χ4n) is 1.89. The molecule has 3 N–H and O–H groups in total. The van der Waals surface area contributed by atoms with E-state index in [1.807, 2.05) is 0 Å². The van der Waals surface area contributed by atoms with Gasteiger partial charge >= 0.3 is 12.1 Å². The number of methoxy groups -OCH3 is 1. The predicted molar refractivity (Wildman–Crippen MR) is 97.3 cm³/mol. The van der Waals surface area contributed by atoms with Crippen LogP contribution < -0.4 is 20.5 Å². The summed E-state index contributed by atoms with van der Waals surface area (Å²) in [5, 5.41) is 2.35. The van der Waals surface area contributed by atoms with Gasteiger partial charge in [-0.3, -0.25) is 4.79 Å². The Morgan fingerprint density at radius 1 is 1.08 bits per heavy atom. The molecule has 1 aromatic carbocycles. The summed E-state index contributed by atoms with van der Waals surface area (Å²) in [5.74, 6) is 0.366. The molecule has 0 spiro atoms. The van der Waals surface area contributed by atoms with Crippen LogP contribution in [0.4, 0.5) is 10.5 Å². The molecule has 0 fully saturated rings. The lowest BCUT2D eigenvalue weighted by atomic mass is 10.1. The zero-order chi connectivity index (χ0) is 20.0. The van der Waals surface area contributed by atoms with Crippen LogP contribution in [0.5, 0.6) is 11.5 Å². The Hall–Kier alpha value is -2.64. The van der Waals surface area contributed by atoms with Crippen molar-refractivity contribution in [2.45, 2.75) is 45.8 Å². The normalized spacial score (nSPS) is 11.5. The summed E-state index contributed by atoms with van der Waals surface area (Å²) in [6.45, 7) is 8.38. The van der Waals surface area contributed by atoms with E-state index in [0.29, 0.717) is 17.2 Å². The summed E-state index contributed by atoms with van der Waals surface area (Å²) >= 11 is 0. The first-order chi connectivity index (χ1) is 11.9. The monoisotopic (exact) mass is 368 g/mol. The summed E-state index contributed by atoms with van der Waals surface area (Å²) in [6.07, 6.45) is -0.685.